The molecule has 96 valence electrons. The molecule has 3 rings (SSSR count). The molecule has 1 aliphatic rings. The quantitative estimate of drug-likeness (QED) is 0.790. The second-order valence-electron chi connectivity index (χ2n) is 4.50. The molecule has 0 saturated heterocycles. The largest absolute Gasteiger partial charge is 0.308 e. The maximum Gasteiger partial charge on any atom is 0.261 e. The van der Waals surface area contributed by atoms with E-state index in [0.717, 1.165) is 17.7 Å². The summed E-state index contributed by atoms with van der Waals surface area (Å²) < 4.78 is 13.8. The van der Waals surface area contributed by atoms with Crippen LogP contribution in [0.5, 0.6) is 0 Å². The smallest absolute Gasteiger partial charge is 0.261 e. The van der Waals surface area contributed by atoms with Crippen molar-refractivity contribution in [2.75, 3.05) is 11.4 Å². The molecule has 0 N–H and O–H groups in total. The summed E-state index contributed by atoms with van der Waals surface area (Å²) in [6.07, 6.45) is 0.810. The number of thiol groups is 1. The van der Waals surface area contributed by atoms with E-state index in [0.29, 0.717) is 11.4 Å². The number of fused-ring (bicyclic) bond motifs is 1. The second kappa shape index (κ2) is 4.70. The van der Waals surface area contributed by atoms with Gasteiger partial charge in [0, 0.05) is 17.1 Å². The van der Waals surface area contributed by atoms with E-state index in [4.69, 9.17) is 0 Å². The van der Waals surface area contributed by atoms with Crippen LogP contribution in [0, 0.1) is 5.82 Å². The molecule has 0 spiro atoms. The molecule has 0 fully saturated rings. The zero-order chi connectivity index (χ0) is 13.4. The van der Waals surface area contributed by atoms with Crippen molar-refractivity contribution in [2.24, 2.45) is 0 Å². The van der Waals surface area contributed by atoms with Gasteiger partial charge in [0.05, 0.1) is 5.56 Å². The zero-order valence-electron chi connectivity index (χ0n) is 10.1. The van der Waals surface area contributed by atoms with Gasteiger partial charge in [0.2, 0.25) is 0 Å². The van der Waals surface area contributed by atoms with Crippen molar-refractivity contribution in [3.05, 3.63) is 59.4 Å². The number of carbonyl (C=O) groups is 1. The van der Waals surface area contributed by atoms with Gasteiger partial charge in [-0.25, -0.2) is 4.39 Å². The van der Waals surface area contributed by atoms with Crippen LogP contribution in [0.2, 0.25) is 0 Å². The normalized spacial score (nSPS) is 13.5. The van der Waals surface area contributed by atoms with Gasteiger partial charge in [0.1, 0.15) is 5.82 Å². The van der Waals surface area contributed by atoms with Crippen LogP contribution in [0.3, 0.4) is 0 Å². The number of benzene rings is 2. The van der Waals surface area contributed by atoms with Crippen molar-refractivity contribution < 1.29 is 9.18 Å². The van der Waals surface area contributed by atoms with Crippen molar-refractivity contribution in [2.45, 2.75) is 11.3 Å². The Labute approximate surface area is 116 Å². The Balaban J connectivity index is 2.00. The van der Waals surface area contributed by atoms with Crippen molar-refractivity contribution in [3.8, 4) is 0 Å². The van der Waals surface area contributed by atoms with Gasteiger partial charge in [-0.15, -0.1) is 12.6 Å². The SMILES string of the molecule is O=C(c1cc(S)ccc1F)N1CCc2ccccc21. The number of para-hydroxylation sites is 1. The Morgan fingerprint density at radius 1 is 1.21 bits per heavy atom. The molecule has 19 heavy (non-hydrogen) atoms. The third-order valence-electron chi connectivity index (χ3n) is 3.31. The van der Waals surface area contributed by atoms with Gasteiger partial charge in [-0.05, 0) is 36.2 Å². The lowest BCUT2D eigenvalue weighted by Gasteiger charge is -2.17. The lowest BCUT2D eigenvalue weighted by Crippen LogP contribution is -2.29. The molecular weight excluding hydrogens is 261 g/mol. The van der Waals surface area contributed by atoms with Crippen LogP contribution in [0.1, 0.15) is 15.9 Å². The molecule has 4 heteroatoms. The molecule has 0 bridgehead atoms. The van der Waals surface area contributed by atoms with Gasteiger partial charge >= 0.3 is 0 Å². The Bertz CT molecular complexity index is 656. The van der Waals surface area contributed by atoms with Crippen molar-refractivity contribution in [1.82, 2.24) is 0 Å². The van der Waals surface area contributed by atoms with E-state index in [1.165, 1.54) is 18.2 Å². The molecule has 1 aliphatic heterocycles. The van der Waals surface area contributed by atoms with E-state index < -0.39 is 5.82 Å². The summed E-state index contributed by atoms with van der Waals surface area (Å²) in [7, 11) is 0. The molecular formula is C15H12FNOS. The molecule has 0 radical (unpaired) electrons. The predicted octanol–water partition coefficient (Wildman–Crippen LogP) is 3.32. The molecule has 2 nitrogen and oxygen atoms in total. The van der Waals surface area contributed by atoms with Crippen LogP contribution in [0.4, 0.5) is 10.1 Å². The molecule has 1 amide bonds. The van der Waals surface area contributed by atoms with Gasteiger partial charge in [0.25, 0.3) is 5.91 Å². The van der Waals surface area contributed by atoms with Gasteiger partial charge in [-0.1, -0.05) is 18.2 Å². The molecule has 0 atom stereocenters. The minimum Gasteiger partial charge on any atom is -0.308 e. The average Bonchev–Trinajstić information content (AvgIpc) is 2.84. The van der Waals surface area contributed by atoms with Gasteiger partial charge < -0.3 is 4.90 Å². The second-order valence-corrected chi connectivity index (χ2v) is 5.02. The number of carbonyl (C=O) groups excluding carboxylic acids is 1. The molecule has 0 unspecified atom stereocenters. The highest BCUT2D eigenvalue weighted by molar-refractivity contribution is 7.80. The zero-order valence-corrected chi connectivity index (χ0v) is 11.0. The predicted molar refractivity (Wildman–Crippen MR) is 75.5 cm³/mol. The number of hydrogen-bond donors (Lipinski definition) is 1. The van der Waals surface area contributed by atoms with Gasteiger partial charge in [0.15, 0.2) is 0 Å². The summed E-state index contributed by atoms with van der Waals surface area (Å²) in [5.74, 6) is -0.814. The highest BCUT2D eigenvalue weighted by Gasteiger charge is 2.26. The highest BCUT2D eigenvalue weighted by Crippen LogP contribution is 2.29. The Morgan fingerprint density at radius 3 is 2.84 bits per heavy atom. The Hall–Kier alpha value is -1.81. The number of anilines is 1. The average molecular weight is 273 g/mol. The van der Waals surface area contributed by atoms with Crippen LogP contribution < -0.4 is 4.90 Å². The summed E-state index contributed by atoms with van der Waals surface area (Å²) in [5.41, 5.74) is 2.07. The Kier molecular flexibility index (Phi) is 3.03. The summed E-state index contributed by atoms with van der Waals surface area (Å²) in [5, 5.41) is 0. The number of halogens is 1. The molecule has 0 aliphatic carbocycles. The molecule has 0 saturated carbocycles. The van der Waals surface area contributed by atoms with Crippen molar-refractivity contribution in [1.29, 1.82) is 0 Å². The topological polar surface area (TPSA) is 20.3 Å². The van der Waals surface area contributed by atoms with E-state index >= 15 is 0 Å². The lowest BCUT2D eigenvalue weighted by molar-refractivity contribution is 0.0985. The fourth-order valence-electron chi connectivity index (χ4n) is 2.37. The monoisotopic (exact) mass is 273 g/mol. The van der Waals surface area contributed by atoms with Crippen LogP contribution in [-0.4, -0.2) is 12.5 Å². The minimum atomic E-state index is -0.507. The van der Waals surface area contributed by atoms with Crippen molar-refractivity contribution >= 4 is 24.2 Å². The summed E-state index contributed by atoms with van der Waals surface area (Å²) in [6, 6.07) is 12.0. The van der Waals surface area contributed by atoms with Crippen LogP contribution >= 0.6 is 12.6 Å². The fraction of sp³-hybridized carbons (Fsp3) is 0.133. The molecule has 0 aromatic heterocycles. The molecule has 2 aromatic rings. The minimum absolute atomic E-state index is 0.0733. The fourth-order valence-corrected chi connectivity index (χ4v) is 2.58. The first-order chi connectivity index (χ1) is 9.16. The lowest BCUT2D eigenvalue weighted by atomic mass is 10.1. The Morgan fingerprint density at radius 2 is 2.00 bits per heavy atom. The third-order valence-corrected chi connectivity index (χ3v) is 3.59. The standard InChI is InChI=1S/C15H12FNOS/c16-13-6-5-11(19)9-12(13)15(18)17-8-7-10-3-1-2-4-14(10)17/h1-6,9,19H,7-8H2. The first-order valence-corrected chi connectivity index (χ1v) is 6.50. The van der Waals surface area contributed by atoms with E-state index in [1.54, 1.807) is 4.90 Å². The third kappa shape index (κ3) is 2.12. The van der Waals surface area contributed by atoms with Gasteiger partial charge in [-0.3, -0.25) is 4.79 Å². The first kappa shape index (κ1) is 12.2. The number of nitrogens with zero attached hydrogens (tertiary/aromatic N) is 1. The molecule has 1 heterocycles. The van der Waals surface area contributed by atoms with Crippen LogP contribution in [-0.2, 0) is 6.42 Å². The van der Waals surface area contributed by atoms with E-state index in [9.17, 15) is 9.18 Å². The first-order valence-electron chi connectivity index (χ1n) is 6.05. The van der Waals surface area contributed by atoms with E-state index in [1.807, 2.05) is 24.3 Å². The summed E-state index contributed by atoms with van der Waals surface area (Å²) >= 11 is 4.16. The maximum absolute atomic E-state index is 13.8. The summed E-state index contributed by atoms with van der Waals surface area (Å²) in [4.78, 5) is 14.6. The van der Waals surface area contributed by atoms with Crippen LogP contribution in [0.15, 0.2) is 47.4 Å². The number of amides is 1. The van der Waals surface area contributed by atoms with Gasteiger partial charge in [-0.2, -0.15) is 0 Å². The van der Waals surface area contributed by atoms with E-state index in [-0.39, 0.29) is 11.5 Å². The van der Waals surface area contributed by atoms with Crippen molar-refractivity contribution in [3.63, 3.8) is 0 Å². The molecule has 2 aromatic carbocycles. The van der Waals surface area contributed by atoms with Crippen LogP contribution in [0.25, 0.3) is 0 Å². The highest BCUT2D eigenvalue weighted by atomic mass is 32.1. The number of hydrogen-bond acceptors (Lipinski definition) is 2. The maximum atomic E-state index is 13.8. The summed E-state index contributed by atoms with van der Waals surface area (Å²) in [6.45, 7) is 0.592. The number of rotatable bonds is 1. The van der Waals surface area contributed by atoms with E-state index in [2.05, 4.69) is 12.6 Å².